The van der Waals surface area contributed by atoms with E-state index in [2.05, 4.69) is 10.3 Å². The molecule has 3 aromatic rings. The maximum absolute atomic E-state index is 13.3. The molecule has 0 saturated carbocycles. The molecular weight excluding hydrogens is 476 g/mol. The average Bonchev–Trinajstić information content (AvgIpc) is 2.92. The molecule has 2 fully saturated rings. The highest BCUT2D eigenvalue weighted by Crippen LogP contribution is 2.27. The van der Waals surface area contributed by atoms with Gasteiger partial charge in [0.1, 0.15) is 6.61 Å². The Bertz CT molecular complexity index is 1350. The molecule has 3 amide bonds. The highest BCUT2D eigenvalue weighted by molar-refractivity contribution is 6.05. The second-order valence-electron chi connectivity index (χ2n) is 8.88. The first kappa shape index (κ1) is 24.8. The van der Waals surface area contributed by atoms with Crippen molar-refractivity contribution in [1.29, 1.82) is 0 Å². The lowest BCUT2D eigenvalue weighted by Gasteiger charge is -2.35. The zero-order chi connectivity index (χ0) is 25.9. The molecule has 2 N–H and O–H groups in total. The SMILES string of the molecule is CCc1nccc2cc(NC(=O)C(O)C3OCCN(c4cccc(N5CCOCC5=O)c4)C3=O)ccc12. The van der Waals surface area contributed by atoms with Crippen molar-refractivity contribution in [3.63, 3.8) is 0 Å². The average molecular weight is 505 g/mol. The number of rotatable bonds is 6. The zero-order valence-corrected chi connectivity index (χ0v) is 20.4. The standard InChI is InChI=1S/C27H28N4O6/c1-2-22-21-7-6-18(14-17(21)8-9-28-22)29-26(34)24(33)25-27(35)31(11-13-37-25)20-5-3-4-19(15-20)30-10-12-36-16-23(30)32/h3-9,14-15,24-25,33H,2,10-13,16H2,1H3,(H,29,34). The molecule has 0 spiro atoms. The molecule has 192 valence electrons. The van der Waals surface area contributed by atoms with Crippen LogP contribution < -0.4 is 15.1 Å². The second-order valence-corrected chi connectivity index (χ2v) is 8.88. The van der Waals surface area contributed by atoms with E-state index in [-0.39, 0.29) is 25.7 Å². The smallest absolute Gasteiger partial charge is 0.259 e. The van der Waals surface area contributed by atoms with E-state index in [1.54, 1.807) is 47.5 Å². The Hall–Kier alpha value is -3.86. The molecule has 2 saturated heterocycles. The largest absolute Gasteiger partial charge is 0.380 e. The number of nitrogens with zero attached hydrogens (tertiary/aromatic N) is 3. The number of carbonyl (C=O) groups is 3. The Morgan fingerprint density at radius 2 is 1.89 bits per heavy atom. The number of nitrogens with one attached hydrogen (secondary N) is 1. The number of aryl methyl sites for hydroxylation is 1. The molecule has 2 aromatic carbocycles. The van der Waals surface area contributed by atoms with Gasteiger partial charge in [0.15, 0.2) is 12.2 Å². The molecule has 3 heterocycles. The molecule has 2 aliphatic heterocycles. The molecule has 2 aliphatic rings. The Balaban J connectivity index is 1.30. The molecule has 10 heteroatoms. The predicted molar refractivity (Wildman–Crippen MR) is 137 cm³/mol. The summed E-state index contributed by atoms with van der Waals surface area (Å²) in [5.74, 6) is -1.42. The number of aliphatic hydroxyl groups excluding tert-OH is 1. The third kappa shape index (κ3) is 5.04. The molecule has 37 heavy (non-hydrogen) atoms. The number of fused-ring (bicyclic) bond motifs is 1. The molecule has 1 aromatic heterocycles. The quantitative estimate of drug-likeness (QED) is 0.526. The summed E-state index contributed by atoms with van der Waals surface area (Å²) in [7, 11) is 0. The van der Waals surface area contributed by atoms with Gasteiger partial charge in [-0.2, -0.15) is 0 Å². The van der Waals surface area contributed by atoms with E-state index in [1.807, 2.05) is 19.1 Å². The lowest BCUT2D eigenvalue weighted by Crippen LogP contribution is -2.55. The first-order chi connectivity index (χ1) is 18.0. The maximum atomic E-state index is 13.3. The van der Waals surface area contributed by atoms with Crippen LogP contribution in [0.5, 0.6) is 0 Å². The fourth-order valence-electron chi connectivity index (χ4n) is 4.66. The zero-order valence-electron chi connectivity index (χ0n) is 20.4. The van der Waals surface area contributed by atoms with E-state index in [4.69, 9.17) is 9.47 Å². The summed E-state index contributed by atoms with van der Waals surface area (Å²) in [5.41, 5.74) is 2.65. The van der Waals surface area contributed by atoms with Gasteiger partial charge in [0.2, 0.25) is 0 Å². The van der Waals surface area contributed by atoms with Crippen molar-refractivity contribution in [3.8, 4) is 0 Å². The Kier molecular flexibility index (Phi) is 7.13. The first-order valence-electron chi connectivity index (χ1n) is 12.2. The Labute approximate surface area is 213 Å². The molecule has 5 rings (SSSR count). The van der Waals surface area contributed by atoms with Crippen molar-refractivity contribution in [1.82, 2.24) is 4.98 Å². The number of benzene rings is 2. The van der Waals surface area contributed by atoms with Crippen LogP contribution >= 0.6 is 0 Å². The van der Waals surface area contributed by atoms with E-state index in [0.717, 1.165) is 22.9 Å². The van der Waals surface area contributed by atoms with Crippen molar-refractivity contribution in [2.75, 3.05) is 48.0 Å². The van der Waals surface area contributed by atoms with Crippen LogP contribution in [0.25, 0.3) is 10.8 Å². The maximum Gasteiger partial charge on any atom is 0.259 e. The van der Waals surface area contributed by atoms with Gasteiger partial charge in [0.05, 0.1) is 13.2 Å². The van der Waals surface area contributed by atoms with Crippen LogP contribution in [-0.2, 0) is 30.3 Å². The number of hydrogen-bond donors (Lipinski definition) is 2. The predicted octanol–water partition coefficient (Wildman–Crippen LogP) is 1.89. The van der Waals surface area contributed by atoms with E-state index in [9.17, 15) is 19.5 Å². The second kappa shape index (κ2) is 10.6. The first-order valence-corrected chi connectivity index (χ1v) is 12.2. The fourth-order valence-corrected chi connectivity index (χ4v) is 4.66. The number of ether oxygens (including phenoxy) is 2. The monoisotopic (exact) mass is 504 g/mol. The van der Waals surface area contributed by atoms with Crippen LogP contribution in [0.15, 0.2) is 54.7 Å². The van der Waals surface area contributed by atoms with Crippen LogP contribution in [0.4, 0.5) is 17.1 Å². The summed E-state index contributed by atoms with van der Waals surface area (Å²) in [4.78, 5) is 45.8. The van der Waals surface area contributed by atoms with Crippen LogP contribution in [0.3, 0.4) is 0 Å². The lowest BCUT2D eigenvalue weighted by atomic mass is 10.1. The van der Waals surface area contributed by atoms with Crippen LogP contribution in [0.2, 0.25) is 0 Å². The van der Waals surface area contributed by atoms with Crippen molar-refractivity contribution < 1.29 is 29.0 Å². The minimum absolute atomic E-state index is 0.0119. The summed E-state index contributed by atoms with van der Waals surface area (Å²) in [6, 6.07) is 14.3. The summed E-state index contributed by atoms with van der Waals surface area (Å²) in [5, 5.41) is 15.4. The van der Waals surface area contributed by atoms with Gasteiger partial charge in [-0.05, 0) is 48.2 Å². The molecule has 10 nitrogen and oxygen atoms in total. The molecule has 0 aliphatic carbocycles. The van der Waals surface area contributed by atoms with Crippen molar-refractivity contribution in [3.05, 3.63) is 60.4 Å². The summed E-state index contributed by atoms with van der Waals surface area (Å²) < 4.78 is 10.7. The van der Waals surface area contributed by atoms with Crippen molar-refractivity contribution >= 4 is 45.6 Å². The van der Waals surface area contributed by atoms with Gasteiger partial charge in [-0.25, -0.2) is 0 Å². The van der Waals surface area contributed by atoms with E-state index < -0.39 is 24.0 Å². The number of anilines is 3. The molecule has 0 bridgehead atoms. The summed E-state index contributed by atoms with van der Waals surface area (Å²) in [6.07, 6.45) is -0.572. The Morgan fingerprint density at radius 1 is 1.11 bits per heavy atom. The van der Waals surface area contributed by atoms with Gasteiger partial charge in [0.25, 0.3) is 17.7 Å². The third-order valence-corrected chi connectivity index (χ3v) is 6.57. The van der Waals surface area contributed by atoms with Crippen molar-refractivity contribution in [2.24, 2.45) is 0 Å². The number of pyridine rings is 1. The molecular formula is C27H28N4O6. The van der Waals surface area contributed by atoms with Gasteiger partial charge in [-0.3, -0.25) is 19.4 Å². The highest BCUT2D eigenvalue weighted by Gasteiger charge is 2.39. The number of aliphatic hydroxyl groups is 1. The summed E-state index contributed by atoms with van der Waals surface area (Å²) >= 11 is 0. The molecule has 2 atom stereocenters. The normalized spacial score (nSPS) is 19.2. The number of hydrogen-bond acceptors (Lipinski definition) is 7. The van der Waals surface area contributed by atoms with E-state index in [1.165, 1.54) is 4.90 Å². The van der Waals surface area contributed by atoms with E-state index >= 15 is 0 Å². The van der Waals surface area contributed by atoms with Gasteiger partial charge in [0, 0.05) is 47.4 Å². The number of amides is 3. The van der Waals surface area contributed by atoms with Crippen molar-refractivity contribution in [2.45, 2.75) is 25.6 Å². The number of aromatic nitrogens is 1. The van der Waals surface area contributed by atoms with Gasteiger partial charge in [-0.15, -0.1) is 0 Å². The van der Waals surface area contributed by atoms with Gasteiger partial charge < -0.3 is 29.7 Å². The number of carbonyl (C=O) groups excluding carboxylic acids is 3. The fraction of sp³-hybridized carbons (Fsp3) is 0.333. The van der Waals surface area contributed by atoms with Gasteiger partial charge >= 0.3 is 0 Å². The minimum atomic E-state index is -1.71. The third-order valence-electron chi connectivity index (χ3n) is 6.57. The van der Waals surface area contributed by atoms with E-state index in [0.29, 0.717) is 30.2 Å². The van der Waals surface area contributed by atoms with Gasteiger partial charge in [-0.1, -0.05) is 19.1 Å². The number of morpholine rings is 2. The lowest BCUT2D eigenvalue weighted by molar-refractivity contribution is -0.150. The Morgan fingerprint density at radius 3 is 2.68 bits per heavy atom. The molecule has 2 unspecified atom stereocenters. The summed E-state index contributed by atoms with van der Waals surface area (Å²) in [6.45, 7) is 3.29. The topological polar surface area (TPSA) is 121 Å². The van der Waals surface area contributed by atoms with Crippen LogP contribution in [-0.4, -0.2) is 72.9 Å². The highest BCUT2D eigenvalue weighted by atomic mass is 16.5. The van der Waals surface area contributed by atoms with Crippen LogP contribution in [0.1, 0.15) is 12.6 Å². The van der Waals surface area contributed by atoms with Crippen LogP contribution in [0, 0.1) is 0 Å². The minimum Gasteiger partial charge on any atom is -0.380 e. The molecule has 0 radical (unpaired) electrons.